The van der Waals surface area contributed by atoms with E-state index in [1.54, 1.807) is 0 Å². The van der Waals surface area contributed by atoms with Crippen LogP contribution in [0.1, 0.15) is 39.0 Å². The maximum atomic E-state index is 10.9. The Labute approximate surface area is 92.2 Å². The van der Waals surface area contributed by atoms with Gasteiger partial charge in [-0.2, -0.15) is 0 Å². The fourth-order valence-electron chi connectivity index (χ4n) is 2.30. The lowest BCUT2D eigenvalue weighted by Crippen LogP contribution is -2.31. The summed E-state index contributed by atoms with van der Waals surface area (Å²) in [4.78, 5) is 13.4. The van der Waals surface area contributed by atoms with E-state index in [0.29, 0.717) is 6.42 Å². The summed E-state index contributed by atoms with van der Waals surface area (Å²) in [5.41, 5.74) is 2.16. The van der Waals surface area contributed by atoms with Gasteiger partial charge in [-0.25, -0.2) is 5.84 Å². The van der Waals surface area contributed by atoms with E-state index in [9.17, 15) is 4.79 Å². The van der Waals surface area contributed by atoms with Crippen LogP contribution in [0.25, 0.3) is 0 Å². The molecule has 1 heterocycles. The van der Waals surface area contributed by atoms with Gasteiger partial charge in [0.2, 0.25) is 5.91 Å². The first-order chi connectivity index (χ1) is 7.26. The summed E-state index contributed by atoms with van der Waals surface area (Å²) in [7, 11) is 0. The van der Waals surface area contributed by atoms with Gasteiger partial charge in [-0.05, 0) is 38.3 Å². The van der Waals surface area contributed by atoms with Crippen LogP contribution in [0.4, 0.5) is 0 Å². The number of nitrogens with one attached hydrogen (secondary N) is 1. The molecule has 3 N–H and O–H groups in total. The van der Waals surface area contributed by atoms with Gasteiger partial charge >= 0.3 is 0 Å². The molecule has 1 amide bonds. The number of hydrazine groups is 1. The molecule has 1 aliphatic heterocycles. The zero-order valence-corrected chi connectivity index (χ0v) is 9.67. The van der Waals surface area contributed by atoms with Gasteiger partial charge in [0.25, 0.3) is 0 Å². The van der Waals surface area contributed by atoms with Crippen LogP contribution >= 0.6 is 0 Å². The maximum Gasteiger partial charge on any atom is 0.233 e. The van der Waals surface area contributed by atoms with Crippen molar-refractivity contribution >= 4 is 5.91 Å². The van der Waals surface area contributed by atoms with Gasteiger partial charge in [-0.3, -0.25) is 10.2 Å². The van der Waals surface area contributed by atoms with Crippen LogP contribution in [0.5, 0.6) is 0 Å². The van der Waals surface area contributed by atoms with Crippen molar-refractivity contribution in [1.29, 1.82) is 0 Å². The molecule has 1 aliphatic rings. The summed E-state index contributed by atoms with van der Waals surface area (Å²) < 4.78 is 0. The van der Waals surface area contributed by atoms with Crippen LogP contribution < -0.4 is 11.3 Å². The molecule has 0 aromatic rings. The van der Waals surface area contributed by atoms with Crippen LogP contribution in [0.15, 0.2) is 0 Å². The smallest absolute Gasteiger partial charge is 0.233 e. The molecule has 1 rings (SSSR count). The Bertz CT molecular complexity index is 196. The van der Waals surface area contributed by atoms with Gasteiger partial charge < -0.3 is 4.90 Å². The van der Waals surface area contributed by atoms with Crippen LogP contribution in [-0.4, -0.2) is 30.4 Å². The second kappa shape index (κ2) is 6.80. The van der Waals surface area contributed by atoms with Gasteiger partial charge in [-0.1, -0.05) is 13.3 Å². The predicted molar refractivity (Wildman–Crippen MR) is 61.0 cm³/mol. The quantitative estimate of drug-likeness (QED) is 0.391. The lowest BCUT2D eigenvalue weighted by molar-refractivity contribution is -0.121. The number of hydrogen-bond acceptors (Lipinski definition) is 3. The SMILES string of the molecule is CCCC1CCN(CCCC(=O)NN)C1. The number of amides is 1. The molecule has 0 aliphatic carbocycles. The molecule has 4 nitrogen and oxygen atoms in total. The Morgan fingerprint density at radius 1 is 1.60 bits per heavy atom. The molecule has 0 spiro atoms. The van der Waals surface area contributed by atoms with Crippen LogP contribution in [0.3, 0.4) is 0 Å². The fraction of sp³-hybridized carbons (Fsp3) is 0.909. The molecule has 0 radical (unpaired) electrons. The van der Waals surface area contributed by atoms with Crippen molar-refractivity contribution in [2.75, 3.05) is 19.6 Å². The van der Waals surface area contributed by atoms with Crippen molar-refractivity contribution in [3.63, 3.8) is 0 Å². The summed E-state index contributed by atoms with van der Waals surface area (Å²) >= 11 is 0. The largest absolute Gasteiger partial charge is 0.303 e. The number of rotatable bonds is 6. The van der Waals surface area contributed by atoms with Crippen LogP contribution in [0, 0.1) is 5.92 Å². The second-order valence-corrected chi connectivity index (χ2v) is 4.42. The number of nitrogens with zero attached hydrogens (tertiary/aromatic N) is 1. The predicted octanol–water partition coefficient (Wildman–Crippen LogP) is 0.879. The summed E-state index contributed by atoms with van der Waals surface area (Å²) in [5.74, 6) is 5.85. The summed E-state index contributed by atoms with van der Waals surface area (Å²) in [6.45, 7) is 5.70. The van der Waals surface area contributed by atoms with Gasteiger partial charge in [-0.15, -0.1) is 0 Å². The molecule has 0 aromatic carbocycles. The third-order valence-electron chi connectivity index (χ3n) is 3.11. The lowest BCUT2D eigenvalue weighted by atomic mass is 10.0. The van der Waals surface area contributed by atoms with Crippen LogP contribution in [0.2, 0.25) is 0 Å². The number of carbonyl (C=O) groups is 1. The first-order valence-corrected chi connectivity index (χ1v) is 5.98. The van der Waals surface area contributed by atoms with Crippen molar-refractivity contribution in [2.24, 2.45) is 11.8 Å². The average molecular weight is 213 g/mol. The molecular formula is C11H23N3O. The van der Waals surface area contributed by atoms with E-state index in [1.165, 1.54) is 32.4 Å². The van der Waals surface area contributed by atoms with Crippen molar-refractivity contribution in [2.45, 2.75) is 39.0 Å². The minimum Gasteiger partial charge on any atom is -0.303 e. The van der Waals surface area contributed by atoms with E-state index in [1.807, 2.05) is 0 Å². The molecule has 4 heteroatoms. The molecule has 0 aromatic heterocycles. The van der Waals surface area contributed by atoms with E-state index in [0.717, 1.165) is 18.9 Å². The highest BCUT2D eigenvalue weighted by atomic mass is 16.2. The van der Waals surface area contributed by atoms with Gasteiger partial charge in [0.05, 0.1) is 0 Å². The van der Waals surface area contributed by atoms with E-state index in [-0.39, 0.29) is 5.91 Å². The maximum absolute atomic E-state index is 10.9. The van der Waals surface area contributed by atoms with E-state index in [4.69, 9.17) is 5.84 Å². The number of likely N-dealkylation sites (tertiary alicyclic amines) is 1. The van der Waals surface area contributed by atoms with Crippen molar-refractivity contribution < 1.29 is 4.79 Å². The zero-order chi connectivity index (χ0) is 11.1. The third-order valence-corrected chi connectivity index (χ3v) is 3.11. The van der Waals surface area contributed by atoms with Gasteiger partial charge in [0.15, 0.2) is 0 Å². The van der Waals surface area contributed by atoms with Crippen molar-refractivity contribution in [3.8, 4) is 0 Å². The monoisotopic (exact) mass is 213 g/mol. The highest BCUT2D eigenvalue weighted by Crippen LogP contribution is 2.20. The Morgan fingerprint density at radius 2 is 2.40 bits per heavy atom. The van der Waals surface area contributed by atoms with Crippen LogP contribution in [-0.2, 0) is 4.79 Å². The highest BCUT2D eigenvalue weighted by Gasteiger charge is 2.20. The average Bonchev–Trinajstić information content (AvgIpc) is 2.66. The minimum absolute atomic E-state index is 0.0562. The lowest BCUT2D eigenvalue weighted by Gasteiger charge is -2.15. The van der Waals surface area contributed by atoms with Crippen molar-refractivity contribution in [1.82, 2.24) is 10.3 Å². The highest BCUT2D eigenvalue weighted by molar-refractivity contribution is 5.75. The minimum atomic E-state index is -0.0562. The molecule has 15 heavy (non-hydrogen) atoms. The summed E-state index contributed by atoms with van der Waals surface area (Å²) in [6.07, 6.45) is 5.43. The third kappa shape index (κ3) is 4.62. The van der Waals surface area contributed by atoms with Crippen molar-refractivity contribution in [3.05, 3.63) is 0 Å². The topological polar surface area (TPSA) is 58.4 Å². The number of nitrogens with two attached hydrogens (primary N) is 1. The van der Waals surface area contributed by atoms with E-state index >= 15 is 0 Å². The molecule has 1 atom stereocenters. The van der Waals surface area contributed by atoms with E-state index in [2.05, 4.69) is 17.2 Å². The number of hydrogen-bond donors (Lipinski definition) is 2. The molecule has 88 valence electrons. The van der Waals surface area contributed by atoms with E-state index < -0.39 is 0 Å². The first-order valence-electron chi connectivity index (χ1n) is 5.98. The Balaban J connectivity index is 2.06. The molecule has 0 saturated carbocycles. The standard InChI is InChI=1S/C11H23N3O/c1-2-4-10-6-8-14(9-10)7-3-5-11(15)13-12/h10H,2-9,12H2,1H3,(H,13,15). The number of carbonyl (C=O) groups excluding carboxylic acids is 1. The molecule has 1 fully saturated rings. The molecular weight excluding hydrogens is 190 g/mol. The molecule has 0 bridgehead atoms. The molecule has 1 saturated heterocycles. The summed E-state index contributed by atoms with van der Waals surface area (Å²) in [5, 5.41) is 0. The Kier molecular flexibility index (Phi) is 5.65. The summed E-state index contributed by atoms with van der Waals surface area (Å²) in [6, 6.07) is 0. The molecule has 1 unspecified atom stereocenters. The Morgan fingerprint density at radius 3 is 3.07 bits per heavy atom. The Hall–Kier alpha value is -0.610. The van der Waals surface area contributed by atoms with Gasteiger partial charge in [0.1, 0.15) is 0 Å². The normalized spacial score (nSPS) is 21.9. The fourth-order valence-corrected chi connectivity index (χ4v) is 2.30. The zero-order valence-electron chi connectivity index (χ0n) is 9.67. The first kappa shape index (κ1) is 12.5. The van der Waals surface area contributed by atoms with Gasteiger partial charge in [0, 0.05) is 13.0 Å². The second-order valence-electron chi connectivity index (χ2n) is 4.42.